The van der Waals surface area contributed by atoms with Crippen LogP contribution in [0.25, 0.3) is 0 Å². The molecule has 0 aromatic heterocycles. The molecule has 194 valence electrons. The minimum Gasteiger partial charge on any atom is -0.465 e. The van der Waals surface area contributed by atoms with Crippen molar-refractivity contribution in [1.82, 2.24) is 9.80 Å². The van der Waals surface area contributed by atoms with Crippen LogP contribution in [-0.4, -0.2) is 61.6 Å². The Morgan fingerprint density at radius 2 is 1.59 bits per heavy atom. The van der Waals surface area contributed by atoms with Crippen molar-refractivity contribution >= 4 is 29.3 Å². The van der Waals surface area contributed by atoms with E-state index in [2.05, 4.69) is 10.2 Å². The van der Waals surface area contributed by atoms with Crippen LogP contribution in [0.2, 0.25) is 5.02 Å². The Bertz CT molecular complexity index is 1180. The fourth-order valence-electron chi connectivity index (χ4n) is 4.09. The smallest absolute Gasteiger partial charge is 0.337 e. The quantitative estimate of drug-likeness (QED) is 0.400. The number of nitrogens with zero attached hydrogens (tertiary/aromatic N) is 2. The molecule has 4 rings (SSSR count). The highest BCUT2D eigenvalue weighted by atomic mass is 35.5. The maximum absolute atomic E-state index is 13.1. The first-order chi connectivity index (χ1) is 17.9. The Kier molecular flexibility index (Phi) is 9.11. The van der Waals surface area contributed by atoms with Crippen LogP contribution >= 0.6 is 11.6 Å². The van der Waals surface area contributed by atoms with Gasteiger partial charge in [0.1, 0.15) is 5.82 Å². The van der Waals surface area contributed by atoms with Gasteiger partial charge in [-0.05, 0) is 59.7 Å². The second-order valence-corrected chi connectivity index (χ2v) is 9.20. The third-order valence-electron chi connectivity index (χ3n) is 6.25. The van der Waals surface area contributed by atoms with Gasteiger partial charge in [-0.15, -0.1) is 0 Å². The van der Waals surface area contributed by atoms with Crippen LogP contribution in [0, 0.1) is 5.82 Å². The number of carbonyl (C=O) groups excluding carboxylic acids is 2. The molecule has 0 aliphatic carbocycles. The maximum Gasteiger partial charge on any atom is 0.337 e. The number of carbonyl (C=O) groups is 2. The zero-order chi connectivity index (χ0) is 26.2. The van der Waals surface area contributed by atoms with Gasteiger partial charge in [-0.2, -0.15) is 0 Å². The number of urea groups is 1. The first kappa shape index (κ1) is 26.6. The van der Waals surface area contributed by atoms with E-state index in [0.29, 0.717) is 55.6 Å². The summed E-state index contributed by atoms with van der Waals surface area (Å²) in [5.41, 5.74) is 2.99. The molecule has 37 heavy (non-hydrogen) atoms. The van der Waals surface area contributed by atoms with E-state index in [-0.39, 0.29) is 23.9 Å². The molecule has 2 amide bonds. The van der Waals surface area contributed by atoms with Crippen LogP contribution in [0.3, 0.4) is 0 Å². The molecule has 1 unspecified atom stereocenters. The van der Waals surface area contributed by atoms with Gasteiger partial charge in [-0.25, -0.2) is 14.0 Å². The highest BCUT2D eigenvalue weighted by Gasteiger charge is 2.24. The van der Waals surface area contributed by atoms with Crippen molar-refractivity contribution in [3.8, 4) is 0 Å². The Morgan fingerprint density at radius 1 is 0.946 bits per heavy atom. The second kappa shape index (κ2) is 12.7. The Balaban J connectivity index is 1.34. The molecule has 0 spiro atoms. The number of nitrogens with one attached hydrogen (secondary N) is 1. The third kappa shape index (κ3) is 7.52. The van der Waals surface area contributed by atoms with E-state index in [1.807, 2.05) is 36.4 Å². The van der Waals surface area contributed by atoms with Crippen molar-refractivity contribution in [3.63, 3.8) is 0 Å². The lowest BCUT2D eigenvalue weighted by Gasteiger charge is -2.36. The first-order valence-electron chi connectivity index (χ1n) is 12.0. The molecule has 3 aromatic carbocycles. The second-order valence-electron chi connectivity index (χ2n) is 8.76. The predicted molar refractivity (Wildman–Crippen MR) is 140 cm³/mol. The number of esters is 1. The topological polar surface area (TPSA) is 71.1 Å². The van der Waals surface area contributed by atoms with Crippen LogP contribution in [0.4, 0.5) is 14.9 Å². The van der Waals surface area contributed by atoms with Gasteiger partial charge < -0.3 is 19.7 Å². The summed E-state index contributed by atoms with van der Waals surface area (Å²) >= 11 is 6.09. The molecule has 9 heteroatoms. The zero-order valence-corrected chi connectivity index (χ0v) is 21.3. The molecule has 1 fully saturated rings. The number of benzene rings is 3. The monoisotopic (exact) mass is 525 g/mol. The lowest BCUT2D eigenvalue weighted by atomic mass is 10.1. The molecule has 1 aliphatic rings. The summed E-state index contributed by atoms with van der Waals surface area (Å²) < 4.78 is 24.2. The number of piperazine rings is 1. The normalized spacial score (nSPS) is 14.7. The van der Waals surface area contributed by atoms with E-state index in [0.717, 1.165) is 11.1 Å². The highest BCUT2D eigenvalue weighted by Crippen LogP contribution is 2.24. The summed E-state index contributed by atoms with van der Waals surface area (Å²) in [4.78, 5) is 28.3. The number of ether oxygens (including phenoxy) is 2. The first-order valence-corrected chi connectivity index (χ1v) is 12.4. The van der Waals surface area contributed by atoms with Gasteiger partial charge in [0.25, 0.3) is 0 Å². The van der Waals surface area contributed by atoms with Gasteiger partial charge in [0.05, 0.1) is 25.4 Å². The average Bonchev–Trinajstić information content (AvgIpc) is 2.93. The van der Waals surface area contributed by atoms with Crippen molar-refractivity contribution in [2.24, 2.45) is 0 Å². The molecule has 0 radical (unpaired) electrons. The van der Waals surface area contributed by atoms with Gasteiger partial charge in [0.2, 0.25) is 0 Å². The summed E-state index contributed by atoms with van der Waals surface area (Å²) in [7, 11) is 1.36. The molecule has 1 heterocycles. The van der Waals surface area contributed by atoms with E-state index in [1.54, 1.807) is 29.2 Å². The van der Waals surface area contributed by atoms with Crippen LogP contribution in [0.5, 0.6) is 0 Å². The van der Waals surface area contributed by atoms with Crippen molar-refractivity contribution in [2.45, 2.75) is 12.7 Å². The SMILES string of the molecule is COC(=O)c1ccc(COC(CN2CCN(C(=O)Nc3ccc(F)cc3)CC2)c2ccc(Cl)cc2)cc1. The molecule has 1 aliphatic heterocycles. The molecule has 3 aromatic rings. The van der Waals surface area contributed by atoms with E-state index in [9.17, 15) is 14.0 Å². The standard InChI is InChI=1S/C28H29ClFN3O4/c1-36-27(34)22-4-2-20(3-5-22)19-37-26(21-6-8-23(29)9-7-21)18-32-14-16-33(17-15-32)28(35)31-25-12-10-24(30)11-13-25/h2-13,26H,14-19H2,1H3,(H,31,35). The predicted octanol–water partition coefficient (Wildman–Crippen LogP) is 5.37. The van der Waals surface area contributed by atoms with E-state index in [4.69, 9.17) is 21.1 Å². The van der Waals surface area contributed by atoms with Crippen molar-refractivity contribution in [3.05, 3.63) is 100 Å². The number of hydrogen-bond donors (Lipinski definition) is 1. The van der Waals surface area contributed by atoms with Crippen molar-refractivity contribution in [1.29, 1.82) is 0 Å². The van der Waals surface area contributed by atoms with Gasteiger partial charge in [0, 0.05) is 43.4 Å². The Hall–Kier alpha value is -3.46. The average molecular weight is 526 g/mol. The van der Waals surface area contributed by atoms with E-state index < -0.39 is 0 Å². The molecule has 0 bridgehead atoms. The van der Waals surface area contributed by atoms with Gasteiger partial charge in [-0.1, -0.05) is 35.9 Å². The molecule has 1 saturated heterocycles. The molecular weight excluding hydrogens is 497 g/mol. The molecule has 0 saturated carbocycles. The largest absolute Gasteiger partial charge is 0.465 e. The van der Waals surface area contributed by atoms with Crippen LogP contribution in [0.1, 0.15) is 27.6 Å². The van der Waals surface area contributed by atoms with Gasteiger partial charge in [0.15, 0.2) is 0 Å². The fraction of sp³-hybridized carbons (Fsp3) is 0.286. The number of amides is 2. The third-order valence-corrected chi connectivity index (χ3v) is 6.50. The summed E-state index contributed by atoms with van der Waals surface area (Å²) in [6.45, 7) is 3.53. The highest BCUT2D eigenvalue weighted by molar-refractivity contribution is 6.30. The van der Waals surface area contributed by atoms with Gasteiger partial charge >= 0.3 is 12.0 Å². The van der Waals surface area contributed by atoms with Gasteiger partial charge in [-0.3, -0.25) is 4.90 Å². The minimum absolute atomic E-state index is 0.202. The molecule has 1 N–H and O–H groups in total. The Labute approximate surface area is 220 Å². The van der Waals surface area contributed by atoms with Crippen molar-refractivity contribution in [2.75, 3.05) is 45.2 Å². The molecule has 7 nitrogen and oxygen atoms in total. The van der Waals surface area contributed by atoms with Crippen LogP contribution in [0.15, 0.2) is 72.8 Å². The minimum atomic E-state index is -0.378. The fourth-order valence-corrected chi connectivity index (χ4v) is 4.21. The lowest BCUT2D eigenvalue weighted by Crippen LogP contribution is -2.50. The van der Waals surface area contributed by atoms with E-state index >= 15 is 0 Å². The summed E-state index contributed by atoms with van der Waals surface area (Å²) in [6, 6.07) is 20.3. The lowest BCUT2D eigenvalue weighted by molar-refractivity contribution is 0.00592. The maximum atomic E-state index is 13.1. The molecular formula is C28H29ClFN3O4. The zero-order valence-electron chi connectivity index (χ0n) is 20.5. The number of methoxy groups -OCH3 is 1. The number of halogens is 2. The van der Waals surface area contributed by atoms with Crippen LogP contribution < -0.4 is 5.32 Å². The summed E-state index contributed by atoms with van der Waals surface area (Å²) in [6.07, 6.45) is -0.211. The summed E-state index contributed by atoms with van der Waals surface area (Å²) in [5.74, 6) is -0.723. The number of anilines is 1. The van der Waals surface area contributed by atoms with E-state index in [1.165, 1.54) is 19.2 Å². The Morgan fingerprint density at radius 3 is 2.22 bits per heavy atom. The van der Waals surface area contributed by atoms with Crippen LogP contribution in [-0.2, 0) is 16.1 Å². The van der Waals surface area contributed by atoms with Crippen molar-refractivity contribution < 1.29 is 23.5 Å². The number of rotatable bonds is 8. The molecule has 1 atom stereocenters. The number of hydrogen-bond acceptors (Lipinski definition) is 5. The summed E-state index contributed by atoms with van der Waals surface area (Å²) in [5, 5.41) is 3.47.